The predicted molar refractivity (Wildman–Crippen MR) is 118 cm³/mol. The maximum Gasteiger partial charge on any atom is 0.408 e. The summed E-state index contributed by atoms with van der Waals surface area (Å²) in [4.78, 5) is 38.0. The summed E-state index contributed by atoms with van der Waals surface area (Å²) in [7, 11) is 0. The van der Waals surface area contributed by atoms with Crippen LogP contribution in [-0.2, 0) is 26.2 Å². The molecule has 0 spiro atoms. The second-order valence-electron chi connectivity index (χ2n) is 9.17. The number of benzene rings is 1. The van der Waals surface area contributed by atoms with Gasteiger partial charge in [0.15, 0.2) is 0 Å². The van der Waals surface area contributed by atoms with Crippen LogP contribution >= 0.6 is 11.3 Å². The van der Waals surface area contributed by atoms with E-state index in [2.05, 4.69) is 10.6 Å². The summed E-state index contributed by atoms with van der Waals surface area (Å²) in [6, 6.07) is 9.12. The molecule has 3 rings (SSSR count). The SMILES string of the molecule is CC(C)(C)OC(=O)NC(Cc1sccc1F)C(=O)N[C@]1(C(=O)O)C[C@]1(C)c1ccccc1. The Bertz CT molecular complexity index is 1020. The highest BCUT2D eigenvalue weighted by Gasteiger charge is 2.71. The summed E-state index contributed by atoms with van der Waals surface area (Å²) in [5.74, 6) is -2.38. The molecule has 3 N–H and O–H groups in total. The zero-order chi connectivity index (χ0) is 23.7. The average molecular weight is 463 g/mol. The number of carbonyl (C=O) groups is 3. The number of alkyl carbamates (subject to hydrolysis) is 1. The normalized spacial score (nSPS) is 23.2. The van der Waals surface area contributed by atoms with Gasteiger partial charge in [0.05, 0.1) is 0 Å². The highest BCUT2D eigenvalue weighted by molar-refractivity contribution is 7.09. The Morgan fingerprint density at radius 1 is 1.22 bits per heavy atom. The first-order valence-corrected chi connectivity index (χ1v) is 11.1. The van der Waals surface area contributed by atoms with Crippen molar-refractivity contribution in [1.82, 2.24) is 10.6 Å². The van der Waals surface area contributed by atoms with Crippen molar-refractivity contribution in [1.29, 1.82) is 0 Å². The van der Waals surface area contributed by atoms with Gasteiger partial charge in [0.25, 0.3) is 0 Å². The van der Waals surface area contributed by atoms with Crippen LogP contribution < -0.4 is 10.6 Å². The Morgan fingerprint density at radius 3 is 2.41 bits per heavy atom. The molecule has 1 saturated carbocycles. The summed E-state index contributed by atoms with van der Waals surface area (Å²) in [5, 5.41) is 16.6. The summed E-state index contributed by atoms with van der Waals surface area (Å²) in [5.41, 5.74) is -2.37. The zero-order valence-corrected chi connectivity index (χ0v) is 19.2. The molecule has 9 heteroatoms. The number of hydrogen-bond acceptors (Lipinski definition) is 5. The number of carboxylic acids is 1. The number of amides is 2. The monoisotopic (exact) mass is 462 g/mol. The largest absolute Gasteiger partial charge is 0.479 e. The maximum absolute atomic E-state index is 14.0. The molecule has 2 aromatic rings. The lowest BCUT2D eigenvalue weighted by Crippen LogP contribution is -2.56. The molecule has 1 aliphatic carbocycles. The molecule has 1 aromatic carbocycles. The molecule has 0 saturated heterocycles. The van der Waals surface area contributed by atoms with Crippen LogP contribution in [-0.4, -0.2) is 40.3 Å². The van der Waals surface area contributed by atoms with Crippen LogP contribution in [0.1, 0.15) is 44.6 Å². The number of rotatable bonds is 7. The molecular formula is C23H27FN2O5S. The molecule has 1 aliphatic rings. The van der Waals surface area contributed by atoms with Crippen LogP contribution in [0.5, 0.6) is 0 Å². The lowest BCUT2D eigenvalue weighted by molar-refractivity contribution is -0.144. The molecule has 3 atom stereocenters. The van der Waals surface area contributed by atoms with Crippen molar-refractivity contribution in [2.75, 3.05) is 0 Å². The average Bonchev–Trinajstić information content (AvgIpc) is 3.11. The maximum atomic E-state index is 14.0. The van der Waals surface area contributed by atoms with Crippen LogP contribution in [0.3, 0.4) is 0 Å². The third kappa shape index (κ3) is 4.77. The van der Waals surface area contributed by atoms with E-state index in [0.717, 1.165) is 16.9 Å². The number of halogens is 1. The lowest BCUT2D eigenvalue weighted by atomic mass is 9.92. The summed E-state index contributed by atoms with van der Waals surface area (Å²) in [6.07, 6.45) is -0.787. The van der Waals surface area contributed by atoms with Gasteiger partial charge < -0.3 is 20.5 Å². The van der Waals surface area contributed by atoms with Gasteiger partial charge in [-0.15, -0.1) is 11.3 Å². The highest BCUT2D eigenvalue weighted by Crippen LogP contribution is 2.57. The van der Waals surface area contributed by atoms with E-state index in [1.54, 1.807) is 45.2 Å². The molecule has 32 heavy (non-hydrogen) atoms. The van der Waals surface area contributed by atoms with E-state index < -0.39 is 46.4 Å². The van der Waals surface area contributed by atoms with E-state index in [1.165, 1.54) is 6.07 Å². The first-order valence-electron chi connectivity index (χ1n) is 10.2. The molecule has 7 nitrogen and oxygen atoms in total. The second-order valence-corrected chi connectivity index (χ2v) is 10.2. The lowest BCUT2D eigenvalue weighted by Gasteiger charge is -2.26. The highest BCUT2D eigenvalue weighted by atomic mass is 32.1. The molecule has 2 amide bonds. The minimum Gasteiger partial charge on any atom is -0.479 e. The number of thiophene rings is 1. The third-order valence-corrected chi connectivity index (χ3v) is 6.55. The van der Waals surface area contributed by atoms with Crippen LogP contribution in [0.4, 0.5) is 9.18 Å². The van der Waals surface area contributed by atoms with E-state index in [4.69, 9.17) is 4.74 Å². The first kappa shape index (κ1) is 23.7. The van der Waals surface area contributed by atoms with Gasteiger partial charge in [0.1, 0.15) is 23.0 Å². The van der Waals surface area contributed by atoms with Gasteiger partial charge in [0.2, 0.25) is 5.91 Å². The Kier molecular flexibility index (Phi) is 6.33. The predicted octanol–water partition coefficient (Wildman–Crippen LogP) is 3.62. The van der Waals surface area contributed by atoms with Crippen LogP contribution in [0.25, 0.3) is 0 Å². The van der Waals surface area contributed by atoms with E-state index in [1.807, 2.05) is 18.2 Å². The minimum atomic E-state index is -1.53. The van der Waals surface area contributed by atoms with Gasteiger partial charge in [-0.2, -0.15) is 0 Å². The number of hydrogen-bond donors (Lipinski definition) is 3. The fourth-order valence-corrected chi connectivity index (χ4v) is 4.60. The molecule has 0 bridgehead atoms. The molecule has 1 fully saturated rings. The quantitative estimate of drug-likeness (QED) is 0.583. The Morgan fingerprint density at radius 2 is 1.88 bits per heavy atom. The van der Waals surface area contributed by atoms with Crippen molar-refractivity contribution < 1.29 is 28.6 Å². The molecule has 0 aliphatic heterocycles. The van der Waals surface area contributed by atoms with Crippen molar-refractivity contribution in [2.24, 2.45) is 0 Å². The number of nitrogens with one attached hydrogen (secondary N) is 2. The summed E-state index contributed by atoms with van der Waals surface area (Å²) < 4.78 is 19.3. The van der Waals surface area contributed by atoms with E-state index in [0.29, 0.717) is 0 Å². The number of ether oxygens (including phenoxy) is 1. The first-order chi connectivity index (χ1) is 14.9. The van der Waals surface area contributed by atoms with Crippen molar-refractivity contribution >= 4 is 29.3 Å². The van der Waals surface area contributed by atoms with E-state index in [9.17, 15) is 23.9 Å². The minimum absolute atomic E-state index is 0.133. The Hall–Kier alpha value is -2.94. The standard InChI is InChI=1S/C23H27FN2O5S/c1-21(2,3)31-20(30)25-16(12-17-15(24)10-11-32-17)18(27)26-23(19(28)29)13-22(23,4)14-8-6-5-7-9-14/h5-11,16H,12-13H2,1-4H3,(H,25,30)(H,26,27)(H,28,29)/t16?,22-,23+/m1/s1. The van der Waals surface area contributed by atoms with Crippen LogP contribution in [0.2, 0.25) is 0 Å². The fraction of sp³-hybridized carbons (Fsp3) is 0.435. The van der Waals surface area contributed by atoms with Gasteiger partial charge in [-0.3, -0.25) is 4.79 Å². The Balaban J connectivity index is 1.84. The van der Waals surface area contributed by atoms with Crippen molar-refractivity contribution in [3.63, 3.8) is 0 Å². The van der Waals surface area contributed by atoms with Crippen LogP contribution in [0, 0.1) is 5.82 Å². The Labute approximate surface area is 190 Å². The molecular weight excluding hydrogens is 435 g/mol. The van der Waals surface area contributed by atoms with Gasteiger partial charge in [-0.25, -0.2) is 14.0 Å². The van der Waals surface area contributed by atoms with E-state index >= 15 is 0 Å². The fourth-order valence-electron chi connectivity index (χ4n) is 3.80. The van der Waals surface area contributed by atoms with Gasteiger partial charge >= 0.3 is 12.1 Å². The van der Waals surface area contributed by atoms with Crippen LogP contribution in [0.15, 0.2) is 41.8 Å². The summed E-state index contributed by atoms with van der Waals surface area (Å²) in [6.45, 7) is 6.80. The number of carboxylic acid groups (broad SMARTS) is 1. The number of aliphatic carboxylic acids is 1. The van der Waals surface area contributed by atoms with Crippen molar-refractivity contribution in [3.8, 4) is 0 Å². The van der Waals surface area contributed by atoms with E-state index in [-0.39, 0.29) is 17.7 Å². The van der Waals surface area contributed by atoms with Gasteiger partial charge in [-0.05, 0) is 44.2 Å². The molecule has 172 valence electrons. The second kappa shape index (κ2) is 8.54. The smallest absolute Gasteiger partial charge is 0.408 e. The zero-order valence-electron chi connectivity index (χ0n) is 18.4. The molecule has 0 radical (unpaired) electrons. The van der Waals surface area contributed by atoms with Crippen molar-refractivity contribution in [2.45, 2.75) is 63.1 Å². The third-order valence-electron chi connectivity index (χ3n) is 5.64. The number of carbonyl (C=O) groups excluding carboxylic acids is 2. The van der Waals surface area contributed by atoms with Crippen molar-refractivity contribution in [3.05, 3.63) is 58.0 Å². The van der Waals surface area contributed by atoms with Gasteiger partial charge in [-0.1, -0.05) is 37.3 Å². The summed E-state index contributed by atoms with van der Waals surface area (Å²) >= 11 is 1.11. The molecule has 1 unspecified atom stereocenters. The molecule has 1 heterocycles. The topological polar surface area (TPSA) is 105 Å². The molecule has 1 aromatic heterocycles. The van der Waals surface area contributed by atoms with Gasteiger partial charge in [0, 0.05) is 16.7 Å².